The van der Waals surface area contributed by atoms with Crippen LogP contribution in [0.25, 0.3) is 0 Å². The number of carbonyl (C=O) groups is 2. The molecule has 0 saturated heterocycles. The Morgan fingerprint density at radius 2 is 1.63 bits per heavy atom. The van der Waals surface area contributed by atoms with Gasteiger partial charge in [-0.3, -0.25) is 9.59 Å². The SMILES string of the molecule is CCSCOCc1cccc(C#Cc2ccc(COC(=O)CCC(=O)OC)cc2)c1. The molecule has 2 aromatic rings. The lowest BCUT2D eigenvalue weighted by molar-refractivity contribution is -0.149. The van der Waals surface area contributed by atoms with E-state index in [-0.39, 0.29) is 19.4 Å². The Morgan fingerprint density at radius 1 is 0.900 bits per heavy atom. The highest BCUT2D eigenvalue weighted by Crippen LogP contribution is 2.09. The van der Waals surface area contributed by atoms with Gasteiger partial charge in [-0.25, -0.2) is 0 Å². The van der Waals surface area contributed by atoms with E-state index < -0.39 is 11.9 Å². The van der Waals surface area contributed by atoms with Crippen molar-refractivity contribution in [3.05, 3.63) is 70.8 Å². The molecule has 0 unspecified atom stereocenters. The van der Waals surface area contributed by atoms with Crippen LogP contribution in [0.15, 0.2) is 48.5 Å². The van der Waals surface area contributed by atoms with E-state index in [1.54, 1.807) is 11.8 Å². The highest BCUT2D eigenvalue weighted by atomic mass is 32.2. The molecule has 30 heavy (non-hydrogen) atoms. The first-order valence-electron chi connectivity index (χ1n) is 9.68. The minimum Gasteiger partial charge on any atom is -0.469 e. The molecule has 6 heteroatoms. The van der Waals surface area contributed by atoms with E-state index in [1.807, 2.05) is 48.5 Å². The Bertz CT molecular complexity index is 880. The van der Waals surface area contributed by atoms with Crippen molar-refractivity contribution in [3.63, 3.8) is 0 Å². The van der Waals surface area contributed by atoms with Gasteiger partial charge in [-0.15, -0.1) is 11.8 Å². The van der Waals surface area contributed by atoms with Crippen LogP contribution in [0.4, 0.5) is 0 Å². The molecule has 0 spiro atoms. The van der Waals surface area contributed by atoms with Crippen LogP contribution in [-0.4, -0.2) is 30.7 Å². The smallest absolute Gasteiger partial charge is 0.306 e. The number of benzene rings is 2. The lowest BCUT2D eigenvalue weighted by Crippen LogP contribution is -2.08. The zero-order chi connectivity index (χ0) is 21.6. The number of methoxy groups -OCH3 is 1. The Labute approximate surface area is 182 Å². The van der Waals surface area contributed by atoms with Crippen molar-refractivity contribution in [3.8, 4) is 11.8 Å². The van der Waals surface area contributed by atoms with Gasteiger partial charge in [0.2, 0.25) is 0 Å². The first-order valence-corrected chi connectivity index (χ1v) is 10.8. The van der Waals surface area contributed by atoms with E-state index in [9.17, 15) is 9.59 Å². The first-order chi connectivity index (χ1) is 14.6. The molecule has 2 rings (SSSR count). The zero-order valence-electron chi connectivity index (χ0n) is 17.3. The van der Waals surface area contributed by atoms with Crippen molar-refractivity contribution < 1.29 is 23.8 Å². The largest absolute Gasteiger partial charge is 0.469 e. The Hall–Kier alpha value is -2.75. The summed E-state index contributed by atoms with van der Waals surface area (Å²) in [5.41, 5.74) is 3.76. The summed E-state index contributed by atoms with van der Waals surface area (Å²) in [4.78, 5) is 22.7. The summed E-state index contributed by atoms with van der Waals surface area (Å²) in [6, 6.07) is 15.5. The van der Waals surface area contributed by atoms with Crippen LogP contribution in [-0.2, 0) is 37.0 Å². The molecule has 0 saturated carbocycles. The third kappa shape index (κ3) is 9.17. The highest BCUT2D eigenvalue weighted by Gasteiger charge is 2.08. The third-order valence-corrected chi connectivity index (χ3v) is 4.77. The molecule has 0 aliphatic heterocycles. The summed E-state index contributed by atoms with van der Waals surface area (Å²) in [5.74, 6) is 7.19. The van der Waals surface area contributed by atoms with E-state index in [1.165, 1.54) is 7.11 Å². The molecule has 0 bridgehead atoms. The van der Waals surface area contributed by atoms with Gasteiger partial charge in [0.25, 0.3) is 0 Å². The number of rotatable bonds is 10. The topological polar surface area (TPSA) is 61.8 Å². The molecule has 158 valence electrons. The van der Waals surface area contributed by atoms with Gasteiger partial charge >= 0.3 is 11.9 Å². The Morgan fingerprint density at radius 3 is 2.37 bits per heavy atom. The maximum Gasteiger partial charge on any atom is 0.306 e. The van der Waals surface area contributed by atoms with Crippen molar-refractivity contribution in [1.82, 2.24) is 0 Å². The van der Waals surface area contributed by atoms with Crippen LogP contribution < -0.4 is 0 Å². The van der Waals surface area contributed by atoms with Crippen molar-refractivity contribution in [1.29, 1.82) is 0 Å². The predicted octanol–water partition coefficient (Wildman–Crippen LogP) is 4.31. The maximum absolute atomic E-state index is 11.6. The molecule has 0 aliphatic carbocycles. The first kappa shape index (κ1) is 23.5. The average molecular weight is 427 g/mol. The molecule has 2 aromatic carbocycles. The molecular weight excluding hydrogens is 400 g/mol. The van der Waals surface area contributed by atoms with Gasteiger partial charge < -0.3 is 14.2 Å². The van der Waals surface area contributed by atoms with Gasteiger partial charge in [0.05, 0.1) is 32.5 Å². The molecule has 0 heterocycles. The second-order valence-corrected chi connectivity index (χ2v) is 7.56. The molecule has 0 aromatic heterocycles. The number of esters is 2. The zero-order valence-corrected chi connectivity index (χ0v) is 18.1. The summed E-state index contributed by atoms with van der Waals surface area (Å²) in [6.07, 6.45) is 0.0344. The van der Waals surface area contributed by atoms with E-state index in [0.717, 1.165) is 28.0 Å². The minimum atomic E-state index is -0.429. The van der Waals surface area contributed by atoms with Crippen LogP contribution >= 0.6 is 11.8 Å². The predicted molar refractivity (Wildman–Crippen MR) is 118 cm³/mol. The Kier molecular flexibility index (Phi) is 10.6. The lowest BCUT2D eigenvalue weighted by Gasteiger charge is -2.05. The average Bonchev–Trinajstić information content (AvgIpc) is 2.78. The number of ether oxygens (including phenoxy) is 3. The molecule has 0 radical (unpaired) electrons. The van der Waals surface area contributed by atoms with E-state index >= 15 is 0 Å². The van der Waals surface area contributed by atoms with E-state index in [0.29, 0.717) is 12.5 Å². The lowest BCUT2D eigenvalue weighted by atomic mass is 10.1. The summed E-state index contributed by atoms with van der Waals surface area (Å²) in [7, 11) is 1.29. The van der Waals surface area contributed by atoms with Gasteiger partial charge in [-0.1, -0.05) is 43.0 Å². The monoisotopic (exact) mass is 426 g/mol. The normalized spacial score (nSPS) is 10.1. The van der Waals surface area contributed by atoms with E-state index in [2.05, 4.69) is 23.5 Å². The molecule has 0 N–H and O–H groups in total. The molecule has 0 aliphatic rings. The number of carbonyl (C=O) groups excluding carboxylic acids is 2. The summed E-state index contributed by atoms with van der Waals surface area (Å²) >= 11 is 1.75. The number of thioether (sulfide) groups is 1. The van der Waals surface area contributed by atoms with Crippen LogP contribution in [0.5, 0.6) is 0 Å². The van der Waals surface area contributed by atoms with Gasteiger partial charge in [-0.2, -0.15) is 0 Å². The van der Waals surface area contributed by atoms with E-state index in [4.69, 9.17) is 9.47 Å². The van der Waals surface area contributed by atoms with Crippen molar-refractivity contribution in [2.75, 3.05) is 18.8 Å². The van der Waals surface area contributed by atoms with Gasteiger partial charge in [-0.05, 0) is 41.1 Å². The van der Waals surface area contributed by atoms with Crippen molar-refractivity contribution >= 4 is 23.7 Å². The molecular formula is C24H26O5S. The third-order valence-electron chi connectivity index (χ3n) is 4.03. The summed E-state index contributed by atoms with van der Waals surface area (Å²) < 4.78 is 15.3. The molecule has 0 fully saturated rings. The number of hydrogen-bond donors (Lipinski definition) is 0. The van der Waals surface area contributed by atoms with Crippen molar-refractivity contribution in [2.45, 2.75) is 33.0 Å². The van der Waals surface area contributed by atoms with Crippen LogP contribution in [0, 0.1) is 11.8 Å². The molecule has 0 atom stereocenters. The summed E-state index contributed by atoms with van der Waals surface area (Å²) in [5, 5.41) is 0. The van der Waals surface area contributed by atoms with Crippen LogP contribution in [0.2, 0.25) is 0 Å². The summed E-state index contributed by atoms with van der Waals surface area (Å²) in [6.45, 7) is 2.85. The standard InChI is InChI=1S/C24H26O5S/c1-3-30-18-28-16-22-6-4-5-20(15-22)10-7-19-8-11-21(12-9-19)17-29-24(26)14-13-23(25)27-2/h4-6,8-9,11-12,15H,3,13-14,16-18H2,1-2H3. The molecule has 0 amide bonds. The fourth-order valence-corrected chi connectivity index (χ4v) is 2.78. The second-order valence-electron chi connectivity index (χ2n) is 6.34. The highest BCUT2D eigenvalue weighted by molar-refractivity contribution is 7.99. The van der Waals surface area contributed by atoms with Crippen LogP contribution in [0.3, 0.4) is 0 Å². The molecule has 5 nitrogen and oxygen atoms in total. The fraction of sp³-hybridized carbons (Fsp3) is 0.333. The maximum atomic E-state index is 11.6. The minimum absolute atomic E-state index is 0.0117. The van der Waals surface area contributed by atoms with Gasteiger partial charge in [0.15, 0.2) is 0 Å². The fourth-order valence-electron chi connectivity index (χ4n) is 2.41. The van der Waals surface area contributed by atoms with Gasteiger partial charge in [0.1, 0.15) is 6.61 Å². The van der Waals surface area contributed by atoms with Gasteiger partial charge in [0, 0.05) is 11.1 Å². The quantitative estimate of drug-likeness (QED) is 0.244. The Balaban J connectivity index is 1.84. The number of hydrogen-bond acceptors (Lipinski definition) is 6. The van der Waals surface area contributed by atoms with Crippen LogP contribution in [0.1, 0.15) is 42.0 Å². The van der Waals surface area contributed by atoms with Crippen molar-refractivity contribution in [2.24, 2.45) is 0 Å². The second kappa shape index (κ2) is 13.5.